The Balaban J connectivity index is 1.56. The molecule has 1 atom stereocenters. The maximum absolute atomic E-state index is 14.2. The molecule has 28 heavy (non-hydrogen) atoms. The van der Waals surface area contributed by atoms with Crippen LogP contribution in [0.1, 0.15) is 31.4 Å². The molecule has 1 amide bonds. The number of nitrogens with zero attached hydrogens (tertiary/aromatic N) is 4. The number of nitrogens with one attached hydrogen (secondary N) is 1. The number of carbonyl (C=O) groups is 1. The average Bonchev–Trinajstić information content (AvgIpc) is 3.29. The lowest BCUT2D eigenvalue weighted by molar-refractivity contribution is -0.115. The highest BCUT2D eigenvalue weighted by molar-refractivity contribution is 8.00. The van der Waals surface area contributed by atoms with Gasteiger partial charge < -0.3 is 5.32 Å². The molecule has 1 fully saturated rings. The highest BCUT2D eigenvalue weighted by Gasteiger charge is 2.32. The number of anilines is 1. The minimum atomic E-state index is -0.455. The molecular weight excluding hydrogens is 397 g/mol. The molecule has 0 unspecified atom stereocenters. The largest absolute Gasteiger partial charge is 0.316 e. The molecule has 1 N–H and O–H groups in total. The van der Waals surface area contributed by atoms with Crippen molar-refractivity contribution in [1.82, 2.24) is 14.8 Å². The number of thioether (sulfide) groups is 1. The van der Waals surface area contributed by atoms with Crippen molar-refractivity contribution in [2.45, 2.75) is 36.2 Å². The van der Waals surface area contributed by atoms with E-state index < -0.39 is 5.25 Å². The van der Waals surface area contributed by atoms with Crippen LogP contribution < -0.4 is 5.32 Å². The lowest BCUT2D eigenvalue weighted by atomic mass is 10.2. The van der Waals surface area contributed by atoms with Gasteiger partial charge in [-0.3, -0.25) is 9.36 Å². The van der Waals surface area contributed by atoms with Gasteiger partial charge in [0.05, 0.1) is 16.4 Å². The van der Waals surface area contributed by atoms with E-state index in [2.05, 4.69) is 21.6 Å². The van der Waals surface area contributed by atoms with Crippen LogP contribution in [-0.2, 0) is 4.79 Å². The van der Waals surface area contributed by atoms with E-state index in [1.807, 2.05) is 4.57 Å². The van der Waals surface area contributed by atoms with Crippen molar-refractivity contribution in [2.75, 3.05) is 5.32 Å². The van der Waals surface area contributed by atoms with Crippen molar-refractivity contribution < 1.29 is 9.18 Å². The Morgan fingerprint density at radius 3 is 2.89 bits per heavy atom. The van der Waals surface area contributed by atoms with Crippen LogP contribution in [0, 0.1) is 17.1 Å². The van der Waals surface area contributed by atoms with E-state index in [0.29, 0.717) is 27.1 Å². The second-order valence-corrected chi connectivity index (χ2v) is 8.64. The summed E-state index contributed by atoms with van der Waals surface area (Å²) in [6.07, 6.45) is 1.96. The number of aromatic nitrogens is 3. The summed E-state index contributed by atoms with van der Waals surface area (Å²) in [7, 11) is 0. The van der Waals surface area contributed by atoms with Crippen molar-refractivity contribution in [3.8, 4) is 17.5 Å². The van der Waals surface area contributed by atoms with Crippen LogP contribution in [0.4, 0.5) is 9.39 Å². The number of hydrogen-bond acceptors (Lipinski definition) is 6. The summed E-state index contributed by atoms with van der Waals surface area (Å²) >= 11 is 2.59. The zero-order valence-electron chi connectivity index (χ0n) is 14.9. The number of thiophene rings is 1. The number of hydrogen-bond donors (Lipinski definition) is 1. The van der Waals surface area contributed by atoms with E-state index in [-0.39, 0.29) is 17.8 Å². The predicted molar refractivity (Wildman–Crippen MR) is 107 cm³/mol. The van der Waals surface area contributed by atoms with E-state index in [4.69, 9.17) is 5.26 Å². The predicted octanol–water partition coefficient (Wildman–Crippen LogP) is 4.47. The molecule has 1 aliphatic carbocycles. The third kappa shape index (κ3) is 3.66. The molecule has 4 rings (SSSR count). The Morgan fingerprint density at radius 1 is 1.39 bits per heavy atom. The summed E-state index contributed by atoms with van der Waals surface area (Å²) in [6, 6.07) is 10.4. The lowest BCUT2D eigenvalue weighted by Gasteiger charge is -2.13. The van der Waals surface area contributed by atoms with Gasteiger partial charge in [-0.15, -0.1) is 21.5 Å². The van der Waals surface area contributed by atoms with Gasteiger partial charge >= 0.3 is 0 Å². The number of halogens is 1. The Labute approximate surface area is 169 Å². The van der Waals surface area contributed by atoms with Crippen LogP contribution in [0.5, 0.6) is 0 Å². The maximum Gasteiger partial charge on any atom is 0.238 e. The van der Waals surface area contributed by atoms with Gasteiger partial charge in [-0.1, -0.05) is 23.9 Å². The van der Waals surface area contributed by atoms with Crippen LogP contribution >= 0.6 is 23.1 Å². The number of carbonyl (C=O) groups excluding carboxylic acids is 1. The smallest absolute Gasteiger partial charge is 0.238 e. The van der Waals surface area contributed by atoms with Gasteiger partial charge in [-0.05, 0) is 43.3 Å². The molecule has 1 aromatic carbocycles. The number of benzene rings is 1. The summed E-state index contributed by atoms with van der Waals surface area (Å²) in [4.78, 5) is 12.6. The summed E-state index contributed by atoms with van der Waals surface area (Å²) in [5, 5.41) is 22.7. The Bertz CT molecular complexity index is 1070. The lowest BCUT2D eigenvalue weighted by Crippen LogP contribution is -2.22. The summed E-state index contributed by atoms with van der Waals surface area (Å²) in [5.41, 5.74) is 0.849. The van der Waals surface area contributed by atoms with Crippen LogP contribution in [0.3, 0.4) is 0 Å². The van der Waals surface area contributed by atoms with Gasteiger partial charge in [0.25, 0.3) is 0 Å². The molecule has 2 heterocycles. The maximum atomic E-state index is 14.2. The van der Waals surface area contributed by atoms with Crippen LogP contribution in [0.25, 0.3) is 11.4 Å². The summed E-state index contributed by atoms with van der Waals surface area (Å²) < 4.78 is 16.2. The molecule has 1 saturated carbocycles. The van der Waals surface area contributed by atoms with E-state index in [0.717, 1.165) is 12.8 Å². The minimum absolute atomic E-state index is 0.221. The van der Waals surface area contributed by atoms with E-state index in [1.165, 1.54) is 29.2 Å². The third-order valence-corrected chi connectivity index (χ3v) is 6.25. The fourth-order valence-corrected chi connectivity index (χ4v) is 4.42. The summed E-state index contributed by atoms with van der Waals surface area (Å²) in [5.74, 6) is -0.0802. The van der Waals surface area contributed by atoms with Crippen molar-refractivity contribution in [2.24, 2.45) is 0 Å². The first-order chi connectivity index (χ1) is 13.6. The SMILES string of the molecule is C[C@@H](Sc1nnc(-c2ccccc2F)n1C1CC1)C(=O)Nc1sccc1C#N. The van der Waals surface area contributed by atoms with Gasteiger partial charge in [0.15, 0.2) is 11.0 Å². The van der Waals surface area contributed by atoms with Crippen LogP contribution in [0.2, 0.25) is 0 Å². The van der Waals surface area contributed by atoms with Crippen LogP contribution in [-0.4, -0.2) is 25.9 Å². The number of rotatable bonds is 6. The molecule has 2 aromatic heterocycles. The molecule has 1 aliphatic rings. The van der Waals surface area contributed by atoms with E-state index in [9.17, 15) is 9.18 Å². The van der Waals surface area contributed by atoms with Crippen LogP contribution in [0.15, 0.2) is 40.9 Å². The standard InChI is InChI=1S/C19H16FN5OS2/c1-11(17(26)22-18-12(10-21)8-9-27-18)28-19-24-23-16(25(19)13-6-7-13)14-4-2-3-5-15(14)20/h2-5,8-9,11,13H,6-7H2,1H3,(H,22,26)/t11-/m1/s1. The van der Waals surface area contributed by atoms with Crippen molar-refractivity contribution in [3.05, 3.63) is 47.1 Å². The van der Waals surface area contributed by atoms with Gasteiger partial charge in [0.1, 0.15) is 16.9 Å². The quantitative estimate of drug-likeness (QED) is 0.603. The highest BCUT2D eigenvalue weighted by atomic mass is 32.2. The van der Waals surface area contributed by atoms with Crippen molar-refractivity contribution in [1.29, 1.82) is 5.26 Å². The zero-order chi connectivity index (χ0) is 19.7. The molecule has 0 spiro atoms. The highest BCUT2D eigenvalue weighted by Crippen LogP contribution is 2.42. The molecular formula is C19H16FN5OS2. The molecule has 3 aromatic rings. The fraction of sp³-hybridized carbons (Fsp3) is 0.263. The first-order valence-electron chi connectivity index (χ1n) is 8.73. The second-order valence-electron chi connectivity index (χ2n) is 6.41. The molecule has 0 bridgehead atoms. The molecule has 6 nitrogen and oxygen atoms in total. The Kier molecular flexibility index (Phi) is 5.15. The summed E-state index contributed by atoms with van der Waals surface area (Å²) in [6.45, 7) is 1.77. The van der Waals surface area contributed by atoms with Gasteiger partial charge in [-0.2, -0.15) is 5.26 Å². The monoisotopic (exact) mass is 413 g/mol. The molecule has 9 heteroatoms. The minimum Gasteiger partial charge on any atom is -0.316 e. The van der Waals surface area contributed by atoms with E-state index >= 15 is 0 Å². The molecule has 0 saturated heterocycles. The molecule has 0 aliphatic heterocycles. The van der Waals surface area contributed by atoms with Crippen molar-refractivity contribution >= 4 is 34.0 Å². The number of nitriles is 1. The topological polar surface area (TPSA) is 83.6 Å². The second kappa shape index (κ2) is 7.73. The fourth-order valence-electron chi connectivity index (χ4n) is 2.76. The van der Waals surface area contributed by atoms with E-state index in [1.54, 1.807) is 36.6 Å². The average molecular weight is 414 g/mol. The molecule has 142 valence electrons. The normalized spacial score (nSPS) is 14.5. The Hall–Kier alpha value is -2.70. The third-order valence-electron chi connectivity index (χ3n) is 4.37. The van der Waals surface area contributed by atoms with Gasteiger partial charge in [0.2, 0.25) is 5.91 Å². The number of amides is 1. The van der Waals surface area contributed by atoms with Gasteiger partial charge in [-0.25, -0.2) is 4.39 Å². The zero-order valence-corrected chi connectivity index (χ0v) is 16.6. The molecule has 0 radical (unpaired) electrons. The first-order valence-corrected chi connectivity index (χ1v) is 10.5. The van der Waals surface area contributed by atoms with Crippen molar-refractivity contribution in [3.63, 3.8) is 0 Å². The van der Waals surface area contributed by atoms with Gasteiger partial charge in [0, 0.05) is 6.04 Å². The first kappa shape index (κ1) is 18.7. The Morgan fingerprint density at radius 2 is 2.18 bits per heavy atom.